The molecule has 13 heteroatoms. The fourth-order valence-electron chi connectivity index (χ4n) is 6.76. The van der Waals surface area contributed by atoms with Crippen LogP contribution >= 0.6 is 23.2 Å². The normalized spacial score (nSPS) is 23.7. The maximum atomic E-state index is 16.9. The van der Waals surface area contributed by atoms with Crippen molar-refractivity contribution in [2.24, 2.45) is 0 Å². The van der Waals surface area contributed by atoms with E-state index in [0.717, 1.165) is 32.4 Å². The Morgan fingerprint density at radius 2 is 1.74 bits per heavy atom. The number of aliphatic hydroxyl groups is 1. The molecule has 3 aromatic carbocycles. The van der Waals surface area contributed by atoms with E-state index in [-0.39, 0.29) is 51.9 Å². The lowest BCUT2D eigenvalue weighted by Gasteiger charge is -2.41. The molecule has 0 aliphatic carbocycles. The van der Waals surface area contributed by atoms with Crippen LogP contribution in [0.4, 0.5) is 4.39 Å². The number of hydrogen-bond donors (Lipinski definition) is 1. The van der Waals surface area contributed by atoms with Gasteiger partial charge in [-0.2, -0.15) is 0 Å². The Kier molecular flexibility index (Phi) is 9.49. The number of benzene rings is 3. The third-order valence-corrected chi connectivity index (χ3v) is 10.9. The Balaban J connectivity index is 1.53. The maximum absolute atomic E-state index is 16.9. The van der Waals surface area contributed by atoms with Crippen molar-refractivity contribution in [3.63, 3.8) is 0 Å². The first-order chi connectivity index (χ1) is 22.2. The molecule has 0 radical (unpaired) electrons. The van der Waals surface area contributed by atoms with Crippen LogP contribution in [0.25, 0.3) is 0 Å². The highest BCUT2D eigenvalue weighted by Gasteiger charge is 2.56. The van der Waals surface area contributed by atoms with Gasteiger partial charge in [0, 0.05) is 61.2 Å². The lowest BCUT2D eigenvalue weighted by Crippen LogP contribution is -2.49. The van der Waals surface area contributed by atoms with Gasteiger partial charge in [0.25, 0.3) is 5.91 Å². The predicted octanol–water partition coefficient (Wildman–Crippen LogP) is 4.65. The van der Waals surface area contributed by atoms with Gasteiger partial charge in [0.1, 0.15) is 5.82 Å². The number of amides is 1. The van der Waals surface area contributed by atoms with Gasteiger partial charge in [0.15, 0.2) is 9.84 Å². The average Bonchev–Trinajstić information content (AvgIpc) is 3.60. The molecule has 1 amide bonds. The molecule has 0 spiro atoms. The summed E-state index contributed by atoms with van der Waals surface area (Å²) in [5.74, 6) is -1.32. The van der Waals surface area contributed by atoms with Gasteiger partial charge in [-0.05, 0) is 67.9 Å². The van der Waals surface area contributed by atoms with Gasteiger partial charge in [-0.3, -0.25) is 14.6 Å². The highest BCUT2D eigenvalue weighted by atomic mass is 35.5. The van der Waals surface area contributed by atoms with Crippen molar-refractivity contribution >= 4 is 38.9 Å². The summed E-state index contributed by atoms with van der Waals surface area (Å²) in [5.41, 5.74) is -2.36. The number of nitrogens with zero attached hydrogens (tertiary/aromatic N) is 3. The number of β-amino-alcohol motifs (C(OH)–C–C–N with tert-alkyl or cyclic N) is 1. The lowest BCUT2D eigenvalue weighted by molar-refractivity contribution is -0.148. The number of carbonyl (C=O) groups is 1. The number of rotatable bonds is 9. The summed E-state index contributed by atoms with van der Waals surface area (Å²) >= 11 is 12.5. The zero-order valence-corrected chi connectivity index (χ0v) is 28.8. The Morgan fingerprint density at radius 1 is 1.06 bits per heavy atom. The van der Waals surface area contributed by atoms with Crippen LogP contribution in [0.2, 0.25) is 10.0 Å². The quantitative estimate of drug-likeness (QED) is 0.344. The molecular weight excluding hydrogens is 668 g/mol. The molecule has 2 saturated heterocycles. The van der Waals surface area contributed by atoms with Gasteiger partial charge in [0.05, 0.1) is 40.9 Å². The first-order valence-corrected chi connectivity index (χ1v) is 18.1. The monoisotopic (exact) mass is 705 g/mol. The fourth-order valence-corrected chi connectivity index (χ4v) is 8.07. The third-order valence-electron chi connectivity index (χ3n) is 9.25. The molecule has 47 heavy (non-hydrogen) atoms. The second-order valence-electron chi connectivity index (χ2n) is 12.9. The first kappa shape index (κ1) is 34.3. The minimum atomic E-state index is -3.78. The molecular formula is C34H38Cl2FN3O6S. The number of likely N-dealkylation sites (N-methyl/N-ethyl adjacent to an activating group) is 1. The minimum absolute atomic E-state index is 0.0161. The molecule has 252 valence electrons. The Labute approximate surface area is 284 Å². The van der Waals surface area contributed by atoms with E-state index in [0.29, 0.717) is 23.6 Å². The van der Waals surface area contributed by atoms with E-state index in [4.69, 9.17) is 32.7 Å². The van der Waals surface area contributed by atoms with Crippen molar-refractivity contribution in [3.05, 3.63) is 98.3 Å². The van der Waals surface area contributed by atoms with Crippen molar-refractivity contribution in [1.82, 2.24) is 14.7 Å². The molecule has 0 unspecified atom stereocenters. The van der Waals surface area contributed by atoms with Gasteiger partial charge in [-0.15, -0.1) is 0 Å². The summed E-state index contributed by atoms with van der Waals surface area (Å²) in [7, 11) is -1.74. The predicted molar refractivity (Wildman–Crippen MR) is 177 cm³/mol. The van der Waals surface area contributed by atoms with Crippen LogP contribution in [-0.2, 0) is 37.2 Å². The van der Waals surface area contributed by atoms with Gasteiger partial charge in [-0.1, -0.05) is 41.4 Å². The fraction of sp³-hybridized carbons (Fsp3) is 0.441. The molecule has 3 heterocycles. The second kappa shape index (κ2) is 13.0. The molecule has 0 saturated carbocycles. The number of hydrogen-bond acceptors (Lipinski definition) is 8. The van der Waals surface area contributed by atoms with Gasteiger partial charge < -0.3 is 19.5 Å². The van der Waals surface area contributed by atoms with Crippen molar-refractivity contribution in [1.29, 1.82) is 0 Å². The Hall–Kier alpha value is -2.61. The summed E-state index contributed by atoms with van der Waals surface area (Å²) in [6.45, 7) is 5.43. The number of fused-ring (bicyclic) bond motifs is 1. The molecule has 0 bridgehead atoms. The SMILES string of the molecule is CN1CCN(C[C@](C)(O)c2cc(F)c3c(c2)C(=O)N(Cc2ccc(Cl)cc2S(C)(=O)=O)[C@@]3(O[C@@H]2CCOC2)c2ccc(Cl)cc2)CC1. The number of ether oxygens (including phenoxy) is 2. The molecule has 3 aliphatic heterocycles. The molecule has 1 N–H and O–H groups in total. The number of halogens is 3. The second-order valence-corrected chi connectivity index (χ2v) is 15.8. The van der Waals surface area contributed by atoms with E-state index < -0.39 is 39.0 Å². The molecule has 6 rings (SSSR count). The molecule has 2 fully saturated rings. The summed E-state index contributed by atoms with van der Waals surface area (Å²) < 4.78 is 55.1. The van der Waals surface area contributed by atoms with Crippen molar-refractivity contribution in [2.45, 2.75) is 42.2 Å². The molecule has 3 atom stereocenters. The van der Waals surface area contributed by atoms with Crippen molar-refractivity contribution in [2.75, 3.05) is 59.2 Å². The highest BCUT2D eigenvalue weighted by Crippen LogP contribution is 2.50. The summed E-state index contributed by atoms with van der Waals surface area (Å²) in [4.78, 5) is 20.3. The van der Waals surface area contributed by atoms with Crippen molar-refractivity contribution < 1.29 is 32.2 Å². The van der Waals surface area contributed by atoms with Gasteiger partial charge in [-0.25, -0.2) is 12.8 Å². The van der Waals surface area contributed by atoms with E-state index in [1.165, 1.54) is 23.1 Å². The topological polar surface area (TPSA) is 99.6 Å². The van der Waals surface area contributed by atoms with E-state index in [9.17, 15) is 18.3 Å². The van der Waals surface area contributed by atoms with E-state index >= 15 is 4.39 Å². The maximum Gasteiger partial charge on any atom is 0.257 e. The zero-order valence-electron chi connectivity index (χ0n) is 26.5. The van der Waals surface area contributed by atoms with Gasteiger partial charge >= 0.3 is 0 Å². The number of carbonyl (C=O) groups excluding carboxylic acids is 1. The van der Waals surface area contributed by atoms with Crippen LogP contribution in [0.15, 0.2) is 59.5 Å². The van der Waals surface area contributed by atoms with Gasteiger partial charge in [0.2, 0.25) is 5.72 Å². The van der Waals surface area contributed by atoms with Crippen LogP contribution in [0.5, 0.6) is 0 Å². The van der Waals surface area contributed by atoms with Crippen LogP contribution in [0.3, 0.4) is 0 Å². The van der Waals surface area contributed by atoms with E-state index in [1.54, 1.807) is 43.3 Å². The minimum Gasteiger partial charge on any atom is -0.384 e. The van der Waals surface area contributed by atoms with Crippen LogP contribution in [-0.4, -0.2) is 99.5 Å². The Bertz CT molecular complexity index is 1780. The average molecular weight is 707 g/mol. The Morgan fingerprint density at radius 3 is 2.38 bits per heavy atom. The number of piperazine rings is 1. The summed E-state index contributed by atoms with van der Waals surface area (Å²) in [6, 6.07) is 13.8. The van der Waals surface area contributed by atoms with Crippen LogP contribution in [0.1, 0.15) is 46.0 Å². The van der Waals surface area contributed by atoms with Crippen molar-refractivity contribution in [3.8, 4) is 0 Å². The first-order valence-electron chi connectivity index (χ1n) is 15.5. The summed E-state index contributed by atoms with van der Waals surface area (Å²) in [5, 5.41) is 12.4. The van der Waals surface area contributed by atoms with Crippen LogP contribution < -0.4 is 0 Å². The third kappa shape index (κ3) is 6.69. The van der Waals surface area contributed by atoms with E-state index in [1.807, 2.05) is 7.05 Å². The lowest BCUT2D eigenvalue weighted by atomic mass is 9.87. The molecule has 3 aliphatic rings. The van der Waals surface area contributed by atoms with Crippen LogP contribution in [0, 0.1) is 5.82 Å². The smallest absolute Gasteiger partial charge is 0.257 e. The largest absolute Gasteiger partial charge is 0.384 e. The highest BCUT2D eigenvalue weighted by molar-refractivity contribution is 7.90. The van der Waals surface area contributed by atoms with E-state index in [2.05, 4.69) is 9.80 Å². The zero-order chi connectivity index (χ0) is 33.7. The number of sulfone groups is 1. The molecule has 0 aromatic heterocycles. The molecule has 3 aromatic rings. The molecule has 9 nitrogen and oxygen atoms in total. The standard InChI is InChI=1S/C34H38Cl2FN3O6S/c1-33(42,21-39-13-11-38(2)12-14-39)24-16-28-31(29(37)17-24)34(46-27-10-15-45-20-27,23-5-8-25(35)9-6-23)40(32(28)41)19-22-4-7-26(36)18-30(22)47(3,43)44/h4-9,16-18,27,42H,10-15,19-21H2,1-3H3/t27-,33+,34-/m1/s1. The summed E-state index contributed by atoms with van der Waals surface area (Å²) in [6.07, 6.45) is 1.06.